The summed E-state index contributed by atoms with van der Waals surface area (Å²) in [5.41, 5.74) is 0. The molecule has 3 nitrogen and oxygen atoms in total. The Labute approximate surface area is 112 Å². The maximum Gasteiger partial charge on any atom is 0.236 e. The van der Waals surface area contributed by atoms with Crippen molar-refractivity contribution in [2.45, 2.75) is 77.3 Å². The molecule has 1 rings (SSSR count). The van der Waals surface area contributed by atoms with Crippen LogP contribution in [0.4, 0.5) is 0 Å². The Morgan fingerprint density at radius 2 is 1.67 bits per heavy atom. The zero-order valence-electron chi connectivity index (χ0n) is 12.3. The van der Waals surface area contributed by atoms with Crippen LogP contribution < -0.4 is 10.6 Å². The van der Waals surface area contributed by atoms with Crippen LogP contribution in [0.15, 0.2) is 0 Å². The van der Waals surface area contributed by atoms with Gasteiger partial charge in [-0.3, -0.25) is 4.79 Å². The molecule has 1 fully saturated rings. The summed E-state index contributed by atoms with van der Waals surface area (Å²) < 4.78 is 0. The predicted molar refractivity (Wildman–Crippen MR) is 76.6 cm³/mol. The molecule has 1 atom stereocenters. The summed E-state index contributed by atoms with van der Waals surface area (Å²) in [6.07, 6.45) is 10.1. The number of amides is 1. The quantitative estimate of drug-likeness (QED) is 0.792. The molecule has 0 aromatic heterocycles. The van der Waals surface area contributed by atoms with E-state index in [2.05, 4.69) is 24.5 Å². The van der Waals surface area contributed by atoms with Crippen molar-refractivity contribution in [1.82, 2.24) is 10.6 Å². The van der Waals surface area contributed by atoms with E-state index in [1.807, 2.05) is 0 Å². The third-order valence-electron chi connectivity index (χ3n) is 3.81. The highest BCUT2D eigenvalue weighted by molar-refractivity contribution is 5.81. The number of nitrogens with one attached hydrogen (secondary N) is 2. The minimum absolute atomic E-state index is 0.0144. The lowest BCUT2D eigenvalue weighted by atomic mass is 9.94. The second-order valence-corrected chi connectivity index (χ2v) is 6.01. The van der Waals surface area contributed by atoms with Gasteiger partial charge in [-0.25, -0.2) is 0 Å². The first-order chi connectivity index (χ1) is 8.63. The SMILES string of the molecule is CNC(=O)C(CC(C)C)NC1CCCCCCC1. The van der Waals surface area contributed by atoms with Gasteiger partial charge >= 0.3 is 0 Å². The normalized spacial score (nSPS) is 20.2. The van der Waals surface area contributed by atoms with Crippen molar-refractivity contribution < 1.29 is 4.79 Å². The van der Waals surface area contributed by atoms with Gasteiger partial charge in [0.15, 0.2) is 0 Å². The average molecular weight is 254 g/mol. The van der Waals surface area contributed by atoms with Gasteiger partial charge in [0.05, 0.1) is 6.04 Å². The van der Waals surface area contributed by atoms with Crippen LogP contribution in [0.2, 0.25) is 0 Å². The number of carbonyl (C=O) groups is 1. The van der Waals surface area contributed by atoms with Crippen molar-refractivity contribution in [2.24, 2.45) is 5.92 Å². The zero-order valence-corrected chi connectivity index (χ0v) is 12.3. The minimum Gasteiger partial charge on any atom is -0.358 e. The molecule has 0 saturated heterocycles. The zero-order chi connectivity index (χ0) is 13.4. The van der Waals surface area contributed by atoms with Crippen LogP contribution in [0.3, 0.4) is 0 Å². The number of hydrogen-bond acceptors (Lipinski definition) is 2. The Hall–Kier alpha value is -0.570. The highest BCUT2D eigenvalue weighted by Crippen LogP contribution is 2.18. The van der Waals surface area contributed by atoms with E-state index in [4.69, 9.17) is 0 Å². The standard InChI is InChI=1S/C15H30N2O/c1-12(2)11-14(15(18)16-3)17-13-9-7-5-4-6-8-10-13/h12-14,17H,4-11H2,1-3H3,(H,16,18). The molecular formula is C15H30N2O. The summed E-state index contributed by atoms with van der Waals surface area (Å²) in [5, 5.41) is 6.38. The van der Waals surface area contributed by atoms with Crippen molar-refractivity contribution in [2.75, 3.05) is 7.05 Å². The molecule has 1 aliphatic rings. The van der Waals surface area contributed by atoms with E-state index in [-0.39, 0.29) is 11.9 Å². The van der Waals surface area contributed by atoms with Crippen LogP contribution in [0, 0.1) is 5.92 Å². The predicted octanol–water partition coefficient (Wildman–Crippen LogP) is 2.85. The lowest BCUT2D eigenvalue weighted by Crippen LogP contribution is -2.48. The van der Waals surface area contributed by atoms with Crippen molar-refractivity contribution in [3.8, 4) is 0 Å². The van der Waals surface area contributed by atoms with Gasteiger partial charge in [-0.15, -0.1) is 0 Å². The molecule has 0 heterocycles. The maximum absolute atomic E-state index is 11.9. The van der Waals surface area contributed by atoms with E-state index in [1.165, 1.54) is 44.9 Å². The molecule has 2 N–H and O–H groups in total. The summed E-state index contributed by atoms with van der Waals surface area (Å²) in [4.78, 5) is 11.9. The Morgan fingerprint density at radius 1 is 1.11 bits per heavy atom. The van der Waals surface area contributed by atoms with Gasteiger partial charge < -0.3 is 10.6 Å². The van der Waals surface area contributed by atoms with Gasteiger partial charge in [0.1, 0.15) is 0 Å². The molecule has 0 aromatic carbocycles. The van der Waals surface area contributed by atoms with E-state index in [9.17, 15) is 4.79 Å². The molecule has 1 amide bonds. The molecule has 1 aliphatic carbocycles. The van der Waals surface area contributed by atoms with E-state index < -0.39 is 0 Å². The molecule has 0 aromatic rings. The third-order valence-corrected chi connectivity index (χ3v) is 3.81. The van der Waals surface area contributed by atoms with Crippen molar-refractivity contribution in [3.05, 3.63) is 0 Å². The Bertz CT molecular complexity index is 233. The second kappa shape index (κ2) is 8.52. The van der Waals surface area contributed by atoms with Gasteiger partial charge in [-0.1, -0.05) is 46.0 Å². The van der Waals surface area contributed by atoms with Crippen molar-refractivity contribution >= 4 is 5.91 Å². The average Bonchev–Trinajstić information content (AvgIpc) is 2.29. The van der Waals surface area contributed by atoms with E-state index in [0.717, 1.165) is 6.42 Å². The summed E-state index contributed by atoms with van der Waals surface area (Å²) in [5.74, 6) is 0.694. The van der Waals surface area contributed by atoms with Crippen molar-refractivity contribution in [1.29, 1.82) is 0 Å². The van der Waals surface area contributed by atoms with E-state index in [0.29, 0.717) is 12.0 Å². The molecular weight excluding hydrogens is 224 g/mol. The van der Waals surface area contributed by atoms with E-state index >= 15 is 0 Å². The van der Waals surface area contributed by atoms with Crippen LogP contribution in [-0.2, 0) is 4.79 Å². The number of hydrogen-bond donors (Lipinski definition) is 2. The summed E-state index contributed by atoms with van der Waals surface area (Å²) in [6, 6.07) is 0.519. The molecule has 0 radical (unpaired) electrons. The molecule has 0 bridgehead atoms. The first-order valence-electron chi connectivity index (χ1n) is 7.61. The number of rotatable bonds is 5. The number of carbonyl (C=O) groups excluding carboxylic acids is 1. The van der Waals surface area contributed by atoms with Gasteiger partial charge in [0, 0.05) is 13.1 Å². The largest absolute Gasteiger partial charge is 0.358 e. The minimum atomic E-state index is -0.0144. The van der Waals surface area contributed by atoms with Gasteiger partial charge in [-0.05, 0) is 25.2 Å². The first kappa shape index (κ1) is 15.5. The van der Waals surface area contributed by atoms with Gasteiger partial charge in [0.25, 0.3) is 0 Å². The molecule has 3 heteroatoms. The maximum atomic E-state index is 11.9. The van der Waals surface area contributed by atoms with Crippen LogP contribution >= 0.6 is 0 Å². The summed E-state index contributed by atoms with van der Waals surface area (Å²) in [6.45, 7) is 4.35. The highest BCUT2D eigenvalue weighted by Gasteiger charge is 2.22. The second-order valence-electron chi connectivity index (χ2n) is 6.01. The molecule has 18 heavy (non-hydrogen) atoms. The topological polar surface area (TPSA) is 41.1 Å². The molecule has 1 saturated carbocycles. The molecule has 106 valence electrons. The molecule has 0 aliphatic heterocycles. The summed E-state index contributed by atoms with van der Waals surface area (Å²) >= 11 is 0. The van der Waals surface area contributed by atoms with Crippen LogP contribution in [-0.4, -0.2) is 25.0 Å². The smallest absolute Gasteiger partial charge is 0.236 e. The van der Waals surface area contributed by atoms with Crippen LogP contribution in [0.1, 0.15) is 65.2 Å². The third kappa shape index (κ3) is 5.85. The lowest BCUT2D eigenvalue weighted by molar-refractivity contribution is -0.123. The van der Waals surface area contributed by atoms with Crippen LogP contribution in [0.5, 0.6) is 0 Å². The van der Waals surface area contributed by atoms with E-state index in [1.54, 1.807) is 7.05 Å². The van der Waals surface area contributed by atoms with Crippen molar-refractivity contribution in [3.63, 3.8) is 0 Å². The molecule has 0 spiro atoms. The summed E-state index contributed by atoms with van der Waals surface area (Å²) in [7, 11) is 1.73. The lowest BCUT2D eigenvalue weighted by Gasteiger charge is -2.27. The Morgan fingerprint density at radius 3 is 2.17 bits per heavy atom. The first-order valence-corrected chi connectivity index (χ1v) is 7.61. The van der Waals surface area contributed by atoms with Gasteiger partial charge in [-0.2, -0.15) is 0 Å². The van der Waals surface area contributed by atoms with Crippen LogP contribution in [0.25, 0.3) is 0 Å². The Kier molecular flexibility index (Phi) is 7.33. The number of likely N-dealkylation sites (N-methyl/N-ethyl adjacent to an activating group) is 1. The van der Waals surface area contributed by atoms with Gasteiger partial charge in [0.2, 0.25) is 5.91 Å². The fraction of sp³-hybridized carbons (Fsp3) is 0.933. The molecule has 1 unspecified atom stereocenters. The fourth-order valence-corrected chi connectivity index (χ4v) is 2.80. The monoisotopic (exact) mass is 254 g/mol. The fourth-order valence-electron chi connectivity index (χ4n) is 2.80. The highest BCUT2D eigenvalue weighted by atomic mass is 16.2. The Balaban J connectivity index is 2.48.